The maximum Gasteiger partial charge on any atom is 0.410 e. The number of nitrogens with one attached hydrogen (secondary N) is 1. The van der Waals surface area contributed by atoms with Gasteiger partial charge in [-0.3, -0.25) is 4.90 Å². The third kappa shape index (κ3) is 3.67. The summed E-state index contributed by atoms with van der Waals surface area (Å²) in [5.74, 6) is -0.150. The summed E-state index contributed by atoms with van der Waals surface area (Å²) in [5, 5.41) is 0. The van der Waals surface area contributed by atoms with Gasteiger partial charge in [-0.25, -0.2) is 9.18 Å². The van der Waals surface area contributed by atoms with Crippen molar-refractivity contribution in [1.82, 2.24) is 4.90 Å². The van der Waals surface area contributed by atoms with Crippen LogP contribution < -0.4 is 4.90 Å². The molecule has 104 valence electrons. The number of amides is 1. The summed E-state index contributed by atoms with van der Waals surface area (Å²) in [7, 11) is 0. The summed E-state index contributed by atoms with van der Waals surface area (Å²) < 4.78 is 18.5. The molecule has 2 rings (SSSR count). The minimum absolute atomic E-state index is 0.150. The monoisotopic (exact) mass is 267 g/mol. The van der Waals surface area contributed by atoms with Gasteiger partial charge in [0.05, 0.1) is 32.8 Å². The highest BCUT2D eigenvalue weighted by Gasteiger charge is 2.24. The average molecular weight is 267 g/mol. The van der Waals surface area contributed by atoms with E-state index in [4.69, 9.17) is 4.74 Å². The Kier molecular flexibility index (Phi) is 4.74. The van der Waals surface area contributed by atoms with Crippen LogP contribution in [0.2, 0.25) is 0 Å². The van der Waals surface area contributed by atoms with Gasteiger partial charge in [-0.2, -0.15) is 0 Å². The predicted octanol–water partition coefficient (Wildman–Crippen LogP) is 0.683. The van der Waals surface area contributed by atoms with Crippen LogP contribution >= 0.6 is 0 Å². The van der Waals surface area contributed by atoms with Crippen LogP contribution in [0, 0.1) is 5.82 Å². The summed E-state index contributed by atoms with van der Waals surface area (Å²) in [6, 6.07) is 6.86. The molecular formula is C14H20FN2O2+. The predicted molar refractivity (Wildman–Crippen MR) is 69.4 cm³/mol. The van der Waals surface area contributed by atoms with Crippen LogP contribution in [0.4, 0.5) is 9.18 Å². The van der Waals surface area contributed by atoms with Crippen LogP contribution in [0.25, 0.3) is 0 Å². The van der Waals surface area contributed by atoms with Gasteiger partial charge in [0, 0.05) is 5.56 Å². The Bertz CT molecular complexity index is 431. The summed E-state index contributed by atoms with van der Waals surface area (Å²) >= 11 is 0. The number of nitrogens with zero attached hydrogens (tertiary/aromatic N) is 1. The van der Waals surface area contributed by atoms with E-state index >= 15 is 0 Å². The van der Waals surface area contributed by atoms with E-state index in [1.54, 1.807) is 17.9 Å². The lowest BCUT2D eigenvalue weighted by Crippen LogP contribution is -3.13. The number of carbonyl (C=O) groups is 1. The minimum Gasteiger partial charge on any atom is -0.450 e. The molecule has 0 bridgehead atoms. The third-order valence-electron chi connectivity index (χ3n) is 3.39. The molecule has 1 heterocycles. The maximum atomic E-state index is 13.6. The zero-order valence-corrected chi connectivity index (χ0v) is 11.2. The standard InChI is InChI=1S/C14H19FN2O2/c1-2-19-14(18)17-9-7-16(8-10-17)11-12-5-3-4-6-13(12)15/h3-6H,2,7-11H2,1H3/p+1. The molecule has 1 N–H and O–H groups in total. The van der Waals surface area contributed by atoms with Gasteiger partial charge in [-0.15, -0.1) is 0 Å². The molecule has 0 radical (unpaired) electrons. The average Bonchev–Trinajstić information content (AvgIpc) is 2.42. The van der Waals surface area contributed by atoms with Crippen molar-refractivity contribution < 1.29 is 18.8 Å². The second-order valence-corrected chi connectivity index (χ2v) is 4.70. The van der Waals surface area contributed by atoms with Crippen LogP contribution in [-0.4, -0.2) is 43.8 Å². The molecule has 1 amide bonds. The molecule has 0 unspecified atom stereocenters. The third-order valence-corrected chi connectivity index (χ3v) is 3.39. The molecule has 1 aliphatic heterocycles. The number of benzene rings is 1. The minimum atomic E-state index is -0.243. The number of halogens is 1. The molecule has 5 heteroatoms. The summed E-state index contributed by atoms with van der Waals surface area (Å²) in [6.45, 7) is 5.87. The first-order valence-corrected chi connectivity index (χ1v) is 6.69. The largest absolute Gasteiger partial charge is 0.450 e. The number of carbonyl (C=O) groups excluding carboxylic acids is 1. The van der Waals surface area contributed by atoms with Crippen molar-refractivity contribution in [1.29, 1.82) is 0 Å². The molecule has 0 saturated carbocycles. The molecule has 4 nitrogen and oxygen atoms in total. The summed E-state index contributed by atoms with van der Waals surface area (Å²) in [6.07, 6.45) is -0.243. The number of hydrogen-bond donors (Lipinski definition) is 1. The molecule has 1 aromatic rings. The fourth-order valence-corrected chi connectivity index (χ4v) is 2.31. The molecule has 0 aliphatic carbocycles. The lowest BCUT2D eigenvalue weighted by atomic mass is 10.2. The summed E-state index contributed by atoms with van der Waals surface area (Å²) in [4.78, 5) is 14.6. The highest BCUT2D eigenvalue weighted by molar-refractivity contribution is 5.67. The normalized spacial score (nSPS) is 16.4. The van der Waals surface area contributed by atoms with Crippen LogP contribution in [0.1, 0.15) is 12.5 Å². The molecule has 0 aromatic heterocycles. The van der Waals surface area contributed by atoms with E-state index in [0.29, 0.717) is 26.2 Å². The molecule has 19 heavy (non-hydrogen) atoms. The van der Waals surface area contributed by atoms with Gasteiger partial charge in [0.25, 0.3) is 0 Å². The van der Waals surface area contributed by atoms with E-state index in [-0.39, 0.29) is 11.9 Å². The van der Waals surface area contributed by atoms with Gasteiger partial charge in [-0.1, -0.05) is 18.2 Å². The quantitative estimate of drug-likeness (QED) is 0.874. The highest BCUT2D eigenvalue weighted by atomic mass is 19.1. The number of ether oxygens (including phenoxy) is 1. The van der Waals surface area contributed by atoms with Gasteiger partial charge in [0.1, 0.15) is 12.4 Å². The Labute approximate surface area is 112 Å². The van der Waals surface area contributed by atoms with E-state index in [1.165, 1.54) is 11.0 Å². The number of quaternary nitrogens is 1. The van der Waals surface area contributed by atoms with Crippen molar-refractivity contribution in [3.05, 3.63) is 35.6 Å². The van der Waals surface area contributed by atoms with Crippen molar-refractivity contribution in [2.24, 2.45) is 0 Å². The van der Waals surface area contributed by atoms with Crippen molar-refractivity contribution in [3.8, 4) is 0 Å². The second kappa shape index (κ2) is 6.52. The zero-order chi connectivity index (χ0) is 13.7. The van der Waals surface area contributed by atoms with Gasteiger partial charge in [-0.05, 0) is 13.0 Å². The fourth-order valence-electron chi connectivity index (χ4n) is 2.31. The molecule has 1 fully saturated rings. The number of piperazine rings is 1. The Morgan fingerprint density at radius 2 is 2.05 bits per heavy atom. The van der Waals surface area contributed by atoms with Crippen molar-refractivity contribution >= 4 is 6.09 Å². The van der Waals surface area contributed by atoms with Gasteiger partial charge in [0.15, 0.2) is 0 Å². The van der Waals surface area contributed by atoms with Crippen molar-refractivity contribution in [2.75, 3.05) is 32.8 Å². The first-order valence-electron chi connectivity index (χ1n) is 6.69. The second-order valence-electron chi connectivity index (χ2n) is 4.70. The lowest BCUT2D eigenvalue weighted by molar-refractivity contribution is -0.917. The maximum absolute atomic E-state index is 13.6. The van der Waals surface area contributed by atoms with Crippen LogP contribution in [0.3, 0.4) is 0 Å². The van der Waals surface area contributed by atoms with E-state index in [2.05, 4.69) is 0 Å². The van der Waals surface area contributed by atoms with E-state index in [0.717, 1.165) is 18.7 Å². The number of hydrogen-bond acceptors (Lipinski definition) is 2. The van der Waals surface area contributed by atoms with Crippen molar-refractivity contribution in [2.45, 2.75) is 13.5 Å². The van der Waals surface area contributed by atoms with Crippen LogP contribution in [-0.2, 0) is 11.3 Å². The Morgan fingerprint density at radius 1 is 1.37 bits per heavy atom. The van der Waals surface area contributed by atoms with Gasteiger partial charge in [0.2, 0.25) is 0 Å². The molecule has 1 aromatic carbocycles. The zero-order valence-electron chi connectivity index (χ0n) is 11.2. The molecule has 0 atom stereocenters. The van der Waals surface area contributed by atoms with E-state index in [1.807, 2.05) is 12.1 Å². The van der Waals surface area contributed by atoms with Gasteiger partial charge < -0.3 is 9.64 Å². The molecule has 0 spiro atoms. The molecular weight excluding hydrogens is 247 g/mol. The SMILES string of the molecule is CCOC(=O)N1CC[NH+](Cc2ccccc2F)CC1. The summed E-state index contributed by atoms with van der Waals surface area (Å²) in [5.41, 5.74) is 0.738. The lowest BCUT2D eigenvalue weighted by Gasteiger charge is -2.31. The number of rotatable bonds is 3. The Morgan fingerprint density at radius 3 is 2.68 bits per heavy atom. The first kappa shape index (κ1) is 13.8. The van der Waals surface area contributed by atoms with Gasteiger partial charge >= 0.3 is 6.09 Å². The first-order chi connectivity index (χ1) is 9.20. The van der Waals surface area contributed by atoms with E-state index in [9.17, 15) is 9.18 Å². The topological polar surface area (TPSA) is 34.0 Å². The molecule has 1 aliphatic rings. The fraction of sp³-hybridized carbons (Fsp3) is 0.500. The van der Waals surface area contributed by atoms with Crippen molar-refractivity contribution in [3.63, 3.8) is 0 Å². The Balaban J connectivity index is 1.84. The molecule has 1 saturated heterocycles. The van der Waals surface area contributed by atoms with E-state index < -0.39 is 0 Å². The Hall–Kier alpha value is -1.62. The van der Waals surface area contributed by atoms with Crippen LogP contribution in [0.5, 0.6) is 0 Å². The smallest absolute Gasteiger partial charge is 0.410 e. The van der Waals surface area contributed by atoms with Crippen LogP contribution in [0.15, 0.2) is 24.3 Å². The highest BCUT2D eigenvalue weighted by Crippen LogP contribution is 2.04.